The molecule has 0 spiro atoms. The van der Waals surface area contributed by atoms with Crippen LogP contribution in [0.4, 0.5) is 11.6 Å². The lowest BCUT2D eigenvalue weighted by Gasteiger charge is -2.33. The Morgan fingerprint density at radius 1 is 1.22 bits per heavy atom. The van der Waals surface area contributed by atoms with Crippen molar-refractivity contribution < 1.29 is 4.79 Å². The summed E-state index contributed by atoms with van der Waals surface area (Å²) < 4.78 is 0. The predicted octanol–water partition coefficient (Wildman–Crippen LogP) is 5.16. The average Bonchev–Trinajstić information content (AvgIpc) is 2.80. The summed E-state index contributed by atoms with van der Waals surface area (Å²) >= 11 is 6.08. The highest BCUT2D eigenvalue weighted by molar-refractivity contribution is 6.30. The fourth-order valence-corrected chi connectivity index (χ4v) is 4.40. The third kappa shape index (κ3) is 5.43. The molecule has 6 nitrogen and oxygen atoms in total. The van der Waals surface area contributed by atoms with Gasteiger partial charge in [-0.1, -0.05) is 36.7 Å². The Kier molecular flexibility index (Phi) is 7.00. The second kappa shape index (κ2) is 10.1. The third-order valence-electron chi connectivity index (χ3n) is 5.99. The molecule has 0 aliphatic carbocycles. The molecule has 32 heavy (non-hydrogen) atoms. The van der Waals surface area contributed by atoms with Gasteiger partial charge < -0.3 is 10.2 Å². The molecule has 166 valence electrons. The van der Waals surface area contributed by atoms with E-state index in [0.29, 0.717) is 23.2 Å². The zero-order valence-electron chi connectivity index (χ0n) is 18.5. The van der Waals surface area contributed by atoms with Crippen molar-refractivity contribution in [3.8, 4) is 0 Å². The van der Waals surface area contributed by atoms with Gasteiger partial charge in [0, 0.05) is 42.3 Å². The summed E-state index contributed by atoms with van der Waals surface area (Å²) in [4.78, 5) is 28.5. The van der Waals surface area contributed by atoms with Gasteiger partial charge in [-0.25, -0.2) is 9.97 Å². The van der Waals surface area contributed by atoms with Crippen LogP contribution < -0.4 is 5.32 Å². The van der Waals surface area contributed by atoms with Crippen molar-refractivity contribution in [2.45, 2.75) is 39.0 Å². The smallest absolute Gasteiger partial charge is 0.225 e. The topological polar surface area (TPSA) is 71.0 Å². The molecule has 1 aromatic carbocycles. The lowest BCUT2D eigenvalue weighted by molar-refractivity contribution is -0.136. The molecule has 0 radical (unpaired) electrons. The Hall–Kier alpha value is -2.99. The van der Waals surface area contributed by atoms with Crippen LogP contribution >= 0.6 is 11.6 Å². The van der Waals surface area contributed by atoms with Crippen LogP contribution in [0.2, 0.25) is 5.02 Å². The minimum absolute atomic E-state index is 0.0704. The number of piperidine rings is 1. The van der Waals surface area contributed by atoms with Crippen LogP contribution in [0.3, 0.4) is 0 Å². The summed E-state index contributed by atoms with van der Waals surface area (Å²) in [7, 11) is 0. The normalized spacial score (nSPS) is 15.4. The molecule has 3 heterocycles. The summed E-state index contributed by atoms with van der Waals surface area (Å²) in [6, 6.07) is 11.7. The summed E-state index contributed by atoms with van der Waals surface area (Å²) in [5.41, 5.74) is 3.11. The van der Waals surface area contributed by atoms with E-state index in [1.807, 2.05) is 61.3 Å². The molecule has 1 amide bonds. The number of amides is 1. The maximum absolute atomic E-state index is 13.0. The van der Waals surface area contributed by atoms with E-state index in [2.05, 4.69) is 15.3 Å². The van der Waals surface area contributed by atoms with Gasteiger partial charge in [0.05, 0.1) is 11.9 Å². The molecule has 1 aliphatic rings. The molecule has 7 heteroatoms. The minimum atomic E-state index is -0.0704. The second-order valence-electron chi connectivity index (χ2n) is 8.46. The van der Waals surface area contributed by atoms with Crippen molar-refractivity contribution in [1.82, 2.24) is 19.9 Å². The van der Waals surface area contributed by atoms with E-state index in [1.54, 1.807) is 12.4 Å². The summed E-state index contributed by atoms with van der Waals surface area (Å²) in [6.07, 6.45) is 7.78. The molecule has 0 saturated carbocycles. The monoisotopic (exact) mass is 449 g/mol. The van der Waals surface area contributed by atoms with E-state index >= 15 is 0 Å². The zero-order valence-corrected chi connectivity index (χ0v) is 19.2. The summed E-state index contributed by atoms with van der Waals surface area (Å²) in [5, 5.41) is 3.97. The third-order valence-corrected chi connectivity index (χ3v) is 6.22. The number of pyridine rings is 1. The van der Waals surface area contributed by atoms with Crippen LogP contribution in [-0.4, -0.2) is 38.8 Å². The van der Waals surface area contributed by atoms with Gasteiger partial charge >= 0.3 is 0 Å². The van der Waals surface area contributed by atoms with Crippen LogP contribution in [0.25, 0.3) is 0 Å². The lowest BCUT2D eigenvalue weighted by atomic mass is 9.92. The Morgan fingerprint density at radius 2 is 2.03 bits per heavy atom. The van der Waals surface area contributed by atoms with Gasteiger partial charge in [-0.2, -0.15) is 0 Å². The largest absolute Gasteiger partial charge is 0.342 e. The van der Waals surface area contributed by atoms with Gasteiger partial charge in [0.25, 0.3) is 0 Å². The van der Waals surface area contributed by atoms with Crippen molar-refractivity contribution in [3.63, 3.8) is 0 Å². The quantitative estimate of drug-likeness (QED) is 0.562. The predicted molar refractivity (Wildman–Crippen MR) is 127 cm³/mol. The highest BCUT2D eigenvalue weighted by Crippen LogP contribution is 2.28. The standard InChI is InChI=1S/C25H28ClN5O/c1-17-5-4-10-28-24(17)30-23-16-27-15-22(29-23)20-8-11-31(12-9-20)25(32)18(2)13-19-6-3-7-21(26)14-19/h3-7,10,14-16,18,20H,8-9,11-13H2,1-2H3,(H,28,29,30). The first-order valence-electron chi connectivity index (χ1n) is 11.0. The number of nitrogens with one attached hydrogen (secondary N) is 1. The number of likely N-dealkylation sites (tertiary alicyclic amines) is 1. The number of aryl methyl sites for hydroxylation is 1. The number of halogens is 1. The van der Waals surface area contributed by atoms with Crippen LogP contribution in [0.1, 0.15) is 42.5 Å². The molecule has 1 saturated heterocycles. The molecule has 3 aromatic rings. The van der Waals surface area contributed by atoms with E-state index in [9.17, 15) is 4.79 Å². The number of hydrogen-bond donors (Lipinski definition) is 1. The Labute approximate surface area is 194 Å². The van der Waals surface area contributed by atoms with E-state index in [0.717, 1.165) is 48.6 Å². The highest BCUT2D eigenvalue weighted by Gasteiger charge is 2.27. The van der Waals surface area contributed by atoms with E-state index < -0.39 is 0 Å². The number of anilines is 2. The Bertz CT molecular complexity index is 1080. The molecule has 0 bridgehead atoms. The minimum Gasteiger partial charge on any atom is -0.342 e. The maximum atomic E-state index is 13.0. The number of carbonyl (C=O) groups excluding carboxylic acids is 1. The van der Waals surface area contributed by atoms with Crippen LogP contribution in [0.15, 0.2) is 55.0 Å². The van der Waals surface area contributed by atoms with Crippen molar-refractivity contribution in [3.05, 3.63) is 76.8 Å². The first-order chi connectivity index (χ1) is 15.5. The number of rotatable bonds is 6. The fraction of sp³-hybridized carbons (Fsp3) is 0.360. The average molecular weight is 450 g/mol. The van der Waals surface area contributed by atoms with E-state index in [1.165, 1.54) is 0 Å². The summed E-state index contributed by atoms with van der Waals surface area (Å²) in [5.74, 6) is 1.90. The Morgan fingerprint density at radius 3 is 2.78 bits per heavy atom. The van der Waals surface area contributed by atoms with E-state index in [-0.39, 0.29) is 11.8 Å². The molecule has 2 aromatic heterocycles. The molecule has 4 rings (SSSR count). The van der Waals surface area contributed by atoms with Gasteiger partial charge in [0.1, 0.15) is 11.6 Å². The number of benzene rings is 1. The SMILES string of the molecule is Cc1cccnc1Nc1cncc(C2CCN(C(=O)C(C)Cc3cccc(Cl)c3)CC2)n1. The highest BCUT2D eigenvalue weighted by atomic mass is 35.5. The van der Waals surface area contributed by atoms with Crippen LogP contribution in [-0.2, 0) is 11.2 Å². The van der Waals surface area contributed by atoms with Crippen molar-refractivity contribution in [2.75, 3.05) is 18.4 Å². The number of hydrogen-bond acceptors (Lipinski definition) is 5. The fourth-order valence-electron chi connectivity index (χ4n) is 4.19. The maximum Gasteiger partial charge on any atom is 0.225 e. The van der Waals surface area contributed by atoms with Crippen molar-refractivity contribution in [1.29, 1.82) is 0 Å². The number of nitrogens with zero attached hydrogens (tertiary/aromatic N) is 4. The van der Waals surface area contributed by atoms with Crippen molar-refractivity contribution in [2.24, 2.45) is 5.92 Å². The molecular weight excluding hydrogens is 422 g/mol. The van der Waals surface area contributed by atoms with Gasteiger partial charge in [-0.3, -0.25) is 9.78 Å². The summed E-state index contributed by atoms with van der Waals surface area (Å²) in [6.45, 7) is 5.48. The molecule has 1 aliphatic heterocycles. The van der Waals surface area contributed by atoms with Gasteiger partial charge in [0.2, 0.25) is 5.91 Å². The van der Waals surface area contributed by atoms with Crippen LogP contribution in [0.5, 0.6) is 0 Å². The molecule has 1 N–H and O–H groups in total. The van der Waals surface area contributed by atoms with Gasteiger partial charge in [-0.05, 0) is 55.5 Å². The number of aromatic nitrogens is 3. The molecule has 1 atom stereocenters. The molecule has 1 unspecified atom stereocenters. The van der Waals surface area contributed by atoms with Gasteiger partial charge in [-0.15, -0.1) is 0 Å². The molecular formula is C25H28ClN5O. The van der Waals surface area contributed by atoms with E-state index in [4.69, 9.17) is 16.6 Å². The van der Waals surface area contributed by atoms with Crippen molar-refractivity contribution >= 4 is 29.1 Å². The molecule has 1 fully saturated rings. The first-order valence-corrected chi connectivity index (χ1v) is 11.4. The van der Waals surface area contributed by atoms with Crippen LogP contribution in [0, 0.1) is 12.8 Å². The first kappa shape index (κ1) is 22.2. The zero-order chi connectivity index (χ0) is 22.5. The van der Waals surface area contributed by atoms with Gasteiger partial charge in [0.15, 0.2) is 0 Å². The second-order valence-corrected chi connectivity index (χ2v) is 8.89. The number of carbonyl (C=O) groups is 1. The lowest BCUT2D eigenvalue weighted by Crippen LogP contribution is -2.41. The Balaban J connectivity index is 1.34.